The maximum absolute atomic E-state index is 12.4. The van der Waals surface area contributed by atoms with Crippen LogP contribution >= 0.6 is 0 Å². The van der Waals surface area contributed by atoms with Crippen molar-refractivity contribution in [2.24, 2.45) is 7.05 Å². The first-order chi connectivity index (χ1) is 18.3. The number of hydroxylamine groups is 2. The Balaban J connectivity index is 1.26. The van der Waals surface area contributed by atoms with Crippen molar-refractivity contribution < 1.29 is 32.1 Å². The Morgan fingerprint density at radius 3 is 2.55 bits per heavy atom. The normalized spacial score (nSPS) is 14.5. The van der Waals surface area contributed by atoms with E-state index in [0.29, 0.717) is 50.3 Å². The van der Waals surface area contributed by atoms with Crippen molar-refractivity contribution in [2.45, 2.75) is 12.8 Å². The van der Waals surface area contributed by atoms with Crippen LogP contribution in [0.3, 0.4) is 0 Å². The number of halogens is 3. The molecule has 1 aliphatic heterocycles. The van der Waals surface area contributed by atoms with Gasteiger partial charge in [0, 0.05) is 44.5 Å². The lowest BCUT2D eigenvalue weighted by molar-refractivity contribution is -0.274. The van der Waals surface area contributed by atoms with E-state index in [2.05, 4.69) is 29.7 Å². The van der Waals surface area contributed by atoms with Gasteiger partial charge >= 0.3 is 12.8 Å². The predicted octanol–water partition coefficient (Wildman–Crippen LogP) is 3.23. The molecule has 0 bridgehead atoms. The van der Waals surface area contributed by atoms with Crippen molar-refractivity contribution in [3.63, 3.8) is 0 Å². The number of aromatic nitrogens is 5. The standard InChI is InChI=1S/C24H22F3N7O4/c1-32-14-19(23-30-22(31-38-23)17-2-4-18(5-3-17)37-24(25,26)27)29-21(32)13-16-6-7-28-20(12-16)33-8-10-34(11-9-33)36-15-35/h2-7,12,14-15H,8-11,13H2,1H3. The SMILES string of the molecule is Cn1cc(-c2nc(-c3ccc(OC(F)(F)F)cc3)no2)nc1Cc1ccnc(N2CCN(OC=O)CC2)c1. The molecule has 1 fully saturated rings. The first-order valence-corrected chi connectivity index (χ1v) is 11.5. The number of nitrogens with zero attached hydrogens (tertiary/aromatic N) is 7. The van der Waals surface area contributed by atoms with Gasteiger partial charge in [-0.15, -0.1) is 18.2 Å². The molecule has 0 saturated carbocycles. The van der Waals surface area contributed by atoms with Gasteiger partial charge in [0.05, 0.1) is 13.1 Å². The molecular weight excluding hydrogens is 507 g/mol. The highest BCUT2D eigenvalue weighted by Crippen LogP contribution is 2.27. The predicted molar refractivity (Wildman–Crippen MR) is 127 cm³/mol. The summed E-state index contributed by atoms with van der Waals surface area (Å²) < 4.78 is 48.2. The molecule has 14 heteroatoms. The van der Waals surface area contributed by atoms with Gasteiger partial charge in [-0.05, 0) is 42.0 Å². The van der Waals surface area contributed by atoms with Crippen LogP contribution in [0.2, 0.25) is 0 Å². The lowest BCUT2D eigenvalue weighted by Crippen LogP contribution is -2.46. The number of piperazine rings is 1. The molecule has 0 atom stereocenters. The molecule has 4 aromatic rings. The highest BCUT2D eigenvalue weighted by atomic mass is 19.4. The number of imidazole rings is 1. The summed E-state index contributed by atoms with van der Waals surface area (Å²) in [5, 5.41) is 5.54. The van der Waals surface area contributed by atoms with Crippen molar-refractivity contribution in [1.82, 2.24) is 29.7 Å². The van der Waals surface area contributed by atoms with Crippen molar-refractivity contribution in [1.29, 1.82) is 0 Å². The quantitative estimate of drug-likeness (QED) is 0.316. The van der Waals surface area contributed by atoms with Gasteiger partial charge in [0.2, 0.25) is 5.82 Å². The molecule has 0 unspecified atom stereocenters. The second-order valence-electron chi connectivity index (χ2n) is 8.47. The average molecular weight is 529 g/mol. The number of pyridine rings is 1. The minimum absolute atomic E-state index is 0.184. The Hall–Kier alpha value is -4.46. The Labute approximate surface area is 214 Å². The van der Waals surface area contributed by atoms with E-state index in [1.54, 1.807) is 17.5 Å². The van der Waals surface area contributed by atoms with Crippen molar-refractivity contribution in [3.05, 3.63) is 60.2 Å². The van der Waals surface area contributed by atoms with E-state index in [-0.39, 0.29) is 17.5 Å². The molecule has 3 aromatic heterocycles. The molecule has 5 rings (SSSR count). The number of carbonyl (C=O) groups is 1. The van der Waals surface area contributed by atoms with Gasteiger partial charge in [0.15, 0.2) is 0 Å². The van der Waals surface area contributed by atoms with Gasteiger partial charge in [-0.2, -0.15) is 4.98 Å². The van der Waals surface area contributed by atoms with Gasteiger partial charge in [-0.1, -0.05) is 5.16 Å². The van der Waals surface area contributed by atoms with Crippen molar-refractivity contribution in [3.8, 4) is 28.7 Å². The topological polar surface area (TPSA) is 112 Å². The summed E-state index contributed by atoms with van der Waals surface area (Å²) >= 11 is 0. The van der Waals surface area contributed by atoms with Gasteiger partial charge in [-0.25, -0.2) is 9.97 Å². The molecule has 11 nitrogen and oxygen atoms in total. The van der Waals surface area contributed by atoms with Crippen LogP contribution < -0.4 is 9.64 Å². The third-order valence-corrected chi connectivity index (χ3v) is 5.89. The lowest BCUT2D eigenvalue weighted by atomic mass is 10.1. The first kappa shape index (κ1) is 25.2. The van der Waals surface area contributed by atoms with Gasteiger partial charge < -0.3 is 23.6 Å². The average Bonchev–Trinajstić information content (AvgIpc) is 3.52. The summed E-state index contributed by atoms with van der Waals surface area (Å²) in [7, 11) is 1.86. The smallest absolute Gasteiger partial charge is 0.406 e. The molecule has 1 aliphatic rings. The molecule has 0 spiro atoms. The molecule has 198 valence electrons. The monoisotopic (exact) mass is 529 g/mol. The molecule has 0 N–H and O–H groups in total. The zero-order valence-electron chi connectivity index (χ0n) is 20.1. The summed E-state index contributed by atoms with van der Waals surface area (Å²) in [6.07, 6.45) is -0.723. The van der Waals surface area contributed by atoms with Crippen LogP contribution in [0.25, 0.3) is 23.0 Å². The van der Waals surface area contributed by atoms with E-state index in [1.165, 1.54) is 24.3 Å². The maximum Gasteiger partial charge on any atom is 0.573 e. The maximum atomic E-state index is 12.4. The number of hydrogen-bond donors (Lipinski definition) is 0. The number of carbonyl (C=O) groups excluding carboxylic acids is 1. The molecule has 1 aromatic carbocycles. The van der Waals surface area contributed by atoms with E-state index in [1.807, 2.05) is 23.7 Å². The number of rotatable bonds is 8. The number of anilines is 1. The summed E-state index contributed by atoms with van der Waals surface area (Å²) in [5.41, 5.74) is 1.95. The summed E-state index contributed by atoms with van der Waals surface area (Å²) in [6, 6.07) is 9.10. The van der Waals surface area contributed by atoms with Crippen LogP contribution in [-0.2, 0) is 23.1 Å². The number of alkyl halides is 3. The lowest BCUT2D eigenvalue weighted by Gasteiger charge is -2.33. The van der Waals surface area contributed by atoms with Crippen LogP contribution in [-0.4, -0.2) is 68.8 Å². The van der Waals surface area contributed by atoms with Gasteiger partial charge in [0.1, 0.15) is 23.1 Å². The van der Waals surface area contributed by atoms with E-state index in [4.69, 9.17) is 9.36 Å². The number of aryl methyl sites for hydroxylation is 1. The fourth-order valence-corrected chi connectivity index (χ4v) is 4.03. The molecular formula is C24H22F3N7O4. The van der Waals surface area contributed by atoms with Crippen LogP contribution in [0.4, 0.5) is 19.0 Å². The van der Waals surface area contributed by atoms with E-state index in [0.717, 1.165) is 17.2 Å². The molecule has 0 aliphatic carbocycles. The summed E-state index contributed by atoms with van der Waals surface area (Å²) in [6.45, 7) is 2.96. The third kappa shape index (κ3) is 5.91. The molecule has 38 heavy (non-hydrogen) atoms. The number of ether oxygens (including phenoxy) is 1. The van der Waals surface area contributed by atoms with Crippen LogP contribution in [0.15, 0.2) is 53.3 Å². The fraction of sp³-hybridized carbons (Fsp3) is 0.292. The zero-order valence-corrected chi connectivity index (χ0v) is 20.1. The van der Waals surface area contributed by atoms with Crippen LogP contribution in [0.1, 0.15) is 11.4 Å². The summed E-state index contributed by atoms with van der Waals surface area (Å²) in [5.74, 6) is 1.64. The second kappa shape index (κ2) is 10.5. The zero-order chi connectivity index (χ0) is 26.7. The van der Waals surface area contributed by atoms with Crippen LogP contribution in [0, 0.1) is 0 Å². The minimum atomic E-state index is -4.77. The number of benzene rings is 1. The Morgan fingerprint density at radius 2 is 1.84 bits per heavy atom. The minimum Gasteiger partial charge on any atom is -0.406 e. The molecule has 0 amide bonds. The van der Waals surface area contributed by atoms with Crippen molar-refractivity contribution in [2.75, 3.05) is 31.1 Å². The Bertz CT molecular complexity index is 1400. The van der Waals surface area contributed by atoms with Crippen molar-refractivity contribution >= 4 is 12.3 Å². The third-order valence-electron chi connectivity index (χ3n) is 5.89. The van der Waals surface area contributed by atoms with E-state index in [9.17, 15) is 18.0 Å². The second-order valence-corrected chi connectivity index (χ2v) is 8.47. The van der Waals surface area contributed by atoms with Gasteiger partial charge in [0.25, 0.3) is 5.89 Å². The summed E-state index contributed by atoms with van der Waals surface area (Å²) in [4.78, 5) is 31.0. The highest BCUT2D eigenvalue weighted by molar-refractivity contribution is 5.58. The molecule has 0 radical (unpaired) electrons. The van der Waals surface area contributed by atoms with Crippen LogP contribution in [0.5, 0.6) is 5.75 Å². The fourth-order valence-electron chi connectivity index (χ4n) is 4.03. The Morgan fingerprint density at radius 1 is 1.08 bits per heavy atom. The molecule has 1 saturated heterocycles. The molecule has 4 heterocycles. The van der Waals surface area contributed by atoms with E-state index >= 15 is 0 Å². The Kier molecular flexibility index (Phi) is 6.96. The first-order valence-electron chi connectivity index (χ1n) is 11.5. The van der Waals surface area contributed by atoms with E-state index < -0.39 is 6.36 Å². The highest BCUT2D eigenvalue weighted by Gasteiger charge is 2.31. The number of hydrogen-bond acceptors (Lipinski definition) is 10. The van der Waals surface area contributed by atoms with Gasteiger partial charge in [-0.3, -0.25) is 4.79 Å². The largest absolute Gasteiger partial charge is 0.573 e.